The van der Waals surface area contributed by atoms with E-state index >= 15 is 0 Å². The van der Waals surface area contributed by atoms with Crippen LogP contribution >= 0.6 is 11.6 Å². The Hall–Kier alpha value is -1.06. The molecular weight excluding hydrogens is 204 g/mol. The van der Waals surface area contributed by atoms with Crippen LogP contribution in [0.5, 0.6) is 5.75 Å². The van der Waals surface area contributed by atoms with E-state index in [9.17, 15) is 9.90 Å². The number of aromatic hydroxyl groups is 1. The molecule has 0 radical (unpaired) electrons. The average Bonchev–Trinajstić information content (AvgIpc) is 2.18. The van der Waals surface area contributed by atoms with Gasteiger partial charge in [-0.3, -0.25) is 0 Å². The molecule has 0 unspecified atom stereocenters. The first-order valence-electron chi connectivity index (χ1n) is 4.12. The van der Waals surface area contributed by atoms with Gasteiger partial charge >= 0.3 is 0 Å². The first-order valence-corrected chi connectivity index (χ1v) is 4.50. The molecule has 4 heteroatoms. The fraction of sp³-hybridized carbons (Fsp3) is 0.300. The SMILES string of the molecule is COCc1ccc(O)c(Cl)c1CC=O. The van der Waals surface area contributed by atoms with E-state index in [1.165, 1.54) is 6.07 Å². The number of methoxy groups -OCH3 is 1. The predicted molar refractivity (Wildman–Crippen MR) is 53.6 cm³/mol. The Morgan fingerprint density at radius 3 is 2.86 bits per heavy atom. The van der Waals surface area contributed by atoms with Crippen molar-refractivity contribution in [3.8, 4) is 5.75 Å². The number of phenolic OH excluding ortho intramolecular Hbond substituents is 1. The molecule has 0 saturated heterocycles. The fourth-order valence-electron chi connectivity index (χ4n) is 1.24. The van der Waals surface area contributed by atoms with Crippen LogP contribution in [-0.4, -0.2) is 18.5 Å². The van der Waals surface area contributed by atoms with Gasteiger partial charge in [0, 0.05) is 13.5 Å². The Morgan fingerprint density at radius 2 is 2.29 bits per heavy atom. The zero-order valence-corrected chi connectivity index (χ0v) is 8.54. The Bertz CT molecular complexity index is 336. The van der Waals surface area contributed by atoms with Crippen LogP contribution in [0, 0.1) is 0 Å². The zero-order valence-electron chi connectivity index (χ0n) is 7.79. The number of rotatable bonds is 4. The summed E-state index contributed by atoms with van der Waals surface area (Å²) in [6, 6.07) is 3.19. The molecular formula is C10H11ClO3. The molecule has 0 atom stereocenters. The summed E-state index contributed by atoms with van der Waals surface area (Å²) in [4.78, 5) is 10.4. The summed E-state index contributed by atoms with van der Waals surface area (Å²) in [5.41, 5.74) is 1.45. The highest BCUT2D eigenvalue weighted by Gasteiger charge is 2.10. The zero-order chi connectivity index (χ0) is 10.6. The van der Waals surface area contributed by atoms with Crippen LogP contribution in [0.25, 0.3) is 0 Å². The third-order valence-corrected chi connectivity index (χ3v) is 2.33. The number of phenols is 1. The lowest BCUT2D eigenvalue weighted by Gasteiger charge is -2.09. The standard InChI is InChI=1S/C10H11ClO3/c1-14-6-7-2-3-9(13)10(11)8(7)4-5-12/h2-3,5,13H,4,6H2,1H3. The van der Waals surface area contributed by atoms with Gasteiger partial charge in [-0.25, -0.2) is 0 Å². The molecule has 0 amide bonds. The van der Waals surface area contributed by atoms with Crippen molar-refractivity contribution in [1.82, 2.24) is 0 Å². The van der Waals surface area contributed by atoms with Gasteiger partial charge in [0.05, 0.1) is 11.6 Å². The van der Waals surface area contributed by atoms with Gasteiger partial charge in [-0.1, -0.05) is 17.7 Å². The molecule has 0 fully saturated rings. The third-order valence-electron chi connectivity index (χ3n) is 1.91. The first kappa shape index (κ1) is 11.0. The fourth-order valence-corrected chi connectivity index (χ4v) is 1.51. The van der Waals surface area contributed by atoms with Gasteiger partial charge < -0.3 is 14.6 Å². The lowest BCUT2D eigenvalue weighted by Crippen LogP contribution is -1.98. The molecule has 0 saturated carbocycles. The normalized spacial score (nSPS) is 10.1. The quantitative estimate of drug-likeness (QED) is 0.780. The van der Waals surface area contributed by atoms with E-state index in [0.29, 0.717) is 12.2 Å². The smallest absolute Gasteiger partial charge is 0.134 e. The van der Waals surface area contributed by atoms with Crippen molar-refractivity contribution in [1.29, 1.82) is 0 Å². The summed E-state index contributed by atoms with van der Waals surface area (Å²) in [5, 5.41) is 9.56. The van der Waals surface area contributed by atoms with E-state index in [1.54, 1.807) is 13.2 Å². The van der Waals surface area contributed by atoms with E-state index in [1.807, 2.05) is 0 Å². The number of hydrogen-bond donors (Lipinski definition) is 1. The molecule has 3 nitrogen and oxygen atoms in total. The number of hydrogen-bond acceptors (Lipinski definition) is 3. The summed E-state index contributed by atoms with van der Waals surface area (Å²) in [7, 11) is 1.56. The maximum absolute atomic E-state index is 10.4. The number of ether oxygens (including phenoxy) is 1. The molecule has 0 aliphatic rings. The molecule has 76 valence electrons. The van der Waals surface area contributed by atoms with Crippen molar-refractivity contribution in [2.75, 3.05) is 7.11 Å². The summed E-state index contributed by atoms with van der Waals surface area (Å²) in [6.45, 7) is 0.378. The van der Waals surface area contributed by atoms with E-state index in [4.69, 9.17) is 16.3 Å². The van der Waals surface area contributed by atoms with Crippen molar-refractivity contribution in [2.24, 2.45) is 0 Å². The van der Waals surface area contributed by atoms with Crippen LogP contribution in [0.2, 0.25) is 5.02 Å². The van der Waals surface area contributed by atoms with Crippen molar-refractivity contribution >= 4 is 17.9 Å². The molecule has 1 rings (SSSR count). The number of carbonyl (C=O) groups excluding carboxylic acids is 1. The Balaban J connectivity index is 3.14. The van der Waals surface area contributed by atoms with Gasteiger partial charge in [0.2, 0.25) is 0 Å². The molecule has 0 spiro atoms. The minimum absolute atomic E-state index is 0.0108. The van der Waals surface area contributed by atoms with Crippen LogP contribution in [0.4, 0.5) is 0 Å². The van der Waals surface area contributed by atoms with Crippen LogP contribution < -0.4 is 0 Å². The van der Waals surface area contributed by atoms with E-state index in [-0.39, 0.29) is 17.2 Å². The Labute approximate surface area is 87.3 Å². The van der Waals surface area contributed by atoms with Crippen LogP contribution in [-0.2, 0) is 22.6 Å². The van der Waals surface area contributed by atoms with Gasteiger partial charge in [-0.05, 0) is 17.2 Å². The summed E-state index contributed by atoms with van der Waals surface area (Å²) >= 11 is 5.85. The lowest BCUT2D eigenvalue weighted by molar-refractivity contribution is -0.107. The van der Waals surface area contributed by atoms with Crippen molar-refractivity contribution in [3.63, 3.8) is 0 Å². The second-order valence-electron chi connectivity index (χ2n) is 2.84. The predicted octanol–water partition coefficient (Wildman–Crippen LogP) is 1.93. The van der Waals surface area contributed by atoms with Crippen molar-refractivity contribution < 1.29 is 14.6 Å². The van der Waals surface area contributed by atoms with Gasteiger partial charge in [0.15, 0.2) is 0 Å². The largest absolute Gasteiger partial charge is 0.506 e. The van der Waals surface area contributed by atoms with Crippen LogP contribution in [0.15, 0.2) is 12.1 Å². The van der Waals surface area contributed by atoms with E-state index in [0.717, 1.165) is 11.8 Å². The van der Waals surface area contributed by atoms with E-state index < -0.39 is 0 Å². The third kappa shape index (κ3) is 2.25. The molecule has 0 heterocycles. The maximum atomic E-state index is 10.4. The minimum Gasteiger partial charge on any atom is -0.506 e. The van der Waals surface area contributed by atoms with Gasteiger partial charge in [0.25, 0.3) is 0 Å². The topological polar surface area (TPSA) is 46.5 Å². The maximum Gasteiger partial charge on any atom is 0.134 e. The first-order chi connectivity index (χ1) is 6.70. The minimum atomic E-state index is -0.0108. The molecule has 0 aliphatic carbocycles. The van der Waals surface area contributed by atoms with Crippen LogP contribution in [0.3, 0.4) is 0 Å². The lowest BCUT2D eigenvalue weighted by atomic mass is 10.1. The number of halogens is 1. The van der Waals surface area contributed by atoms with Gasteiger partial charge in [-0.2, -0.15) is 0 Å². The van der Waals surface area contributed by atoms with Gasteiger partial charge in [-0.15, -0.1) is 0 Å². The second kappa shape index (κ2) is 4.98. The van der Waals surface area contributed by atoms with Crippen molar-refractivity contribution in [2.45, 2.75) is 13.0 Å². The number of aldehydes is 1. The second-order valence-corrected chi connectivity index (χ2v) is 3.22. The Kier molecular flexibility index (Phi) is 3.92. The summed E-state index contributed by atoms with van der Waals surface area (Å²) in [5.74, 6) is -0.0108. The molecule has 1 aromatic rings. The highest BCUT2D eigenvalue weighted by Crippen LogP contribution is 2.30. The monoisotopic (exact) mass is 214 g/mol. The van der Waals surface area contributed by atoms with Crippen LogP contribution in [0.1, 0.15) is 11.1 Å². The molecule has 0 bridgehead atoms. The van der Waals surface area contributed by atoms with Crippen molar-refractivity contribution in [3.05, 3.63) is 28.3 Å². The van der Waals surface area contributed by atoms with E-state index in [2.05, 4.69) is 0 Å². The molecule has 0 aromatic heterocycles. The molecule has 14 heavy (non-hydrogen) atoms. The summed E-state index contributed by atoms with van der Waals surface area (Å²) < 4.78 is 4.95. The molecule has 1 aromatic carbocycles. The Morgan fingerprint density at radius 1 is 1.57 bits per heavy atom. The highest BCUT2D eigenvalue weighted by atomic mass is 35.5. The number of carbonyl (C=O) groups is 1. The highest BCUT2D eigenvalue weighted by molar-refractivity contribution is 6.33. The summed E-state index contributed by atoms with van der Waals surface area (Å²) in [6.07, 6.45) is 0.936. The molecule has 1 N–H and O–H groups in total. The number of benzene rings is 1. The molecule has 0 aliphatic heterocycles. The van der Waals surface area contributed by atoms with Gasteiger partial charge in [0.1, 0.15) is 12.0 Å². The average molecular weight is 215 g/mol.